The summed E-state index contributed by atoms with van der Waals surface area (Å²) in [5, 5.41) is 3.90. The highest BCUT2D eigenvalue weighted by molar-refractivity contribution is 4.95. The van der Waals surface area contributed by atoms with Crippen LogP contribution >= 0.6 is 0 Å². The normalized spacial score (nSPS) is 19.7. The van der Waals surface area contributed by atoms with Gasteiger partial charge in [-0.05, 0) is 32.6 Å². The Morgan fingerprint density at radius 2 is 2.31 bits per heavy atom. The molecule has 1 aromatic rings. The Hall–Kier alpha value is -0.940. The molecule has 1 aliphatic rings. The summed E-state index contributed by atoms with van der Waals surface area (Å²) in [7, 11) is 0. The van der Waals surface area contributed by atoms with E-state index in [4.69, 9.17) is 15.0 Å². The minimum Gasteiger partial charge on any atom is -0.371 e. The standard InChI is InChI=1S/C11H19N3O2/c1-3-15-7(2)11-13-10(16-14-11)6-9(12)8-4-5-8/h7-9H,3-6,12H2,1-2H3. The van der Waals surface area contributed by atoms with Gasteiger partial charge in [0.25, 0.3) is 0 Å². The molecule has 16 heavy (non-hydrogen) atoms. The van der Waals surface area contributed by atoms with Crippen molar-refractivity contribution in [3.8, 4) is 0 Å². The number of ether oxygens (including phenoxy) is 1. The van der Waals surface area contributed by atoms with E-state index in [0.29, 0.717) is 30.7 Å². The van der Waals surface area contributed by atoms with Crippen LogP contribution in [0.4, 0.5) is 0 Å². The molecule has 0 aliphatic heterocycles. The second kappa shape index (κ2) is 4.93. The average Bonchev–Trinajstić information content (AvgIpc) is 3.00. The van der Waals surface area contributed by atoms with Crippen molar-refractivity contribution in [1.82, 2.24) is 10.1 Å². The fraction of sp³-hybridized carbons (Fsp3) is 0.818. The van der Waals surface area contributed by atoms with E-state index in [-0.39, 0.29) is 12.1 Å². The minimum absolute atomic E-state index is 0.111. The van der Waals surface area contributed by atoms with Crippen molar-refractivity contribution >= 4 is 0 Å². The van der Waals surface area contributed by atoms with Gasteiger partial charge in [0, 0.05) is 19.1 Å². The van der Waals surface area contributed by atoms with Gasteiger partial charge in [-0.3, -0.25) is 0 Å². The smallest absolute Gasteiger partial charge is 0.228 e. The van der Waals surface area contributed by atoms with E-state index < -0.39 is 0 Å². The van der Waals surface area contributed by atoms with Crippen LogP contribution in [0.3, 0.4) is 0 Å². The second-order valence-electron chi connectivity index (χ2n) is 4.35. The lowest BCUT2D eigenvalue weighted by Gasteiger charge is -2.06. The zero-order valence-corrected chi connectivity index (χ0v) is 9.85. The Balaban J connectivity index is 1.90. The Kier molecular flexibility index (Phi) is 3.56. The molecule has 0 spiro atoms. The van der Waals surface area contributed by atoms with Gasteiger partial charge in [-0.25, -0.2) is 0 Å². The number of rotatable bonds is 6. The molecule has 1 saturated carbocycles. The number of hydrogen-bond acceptors (Lipinski definition) is 5. The maximum atomic E-state index is 6.00. The first-order valence-corrected chi connectivity index (χ1v) is 5.90. The molecule has 2 N–H and O–H groups in total. The summed E-state index contributed by atoms with van der Waals surface area (Å²) in [6, 6.07) is 0.163. The van der Waals surface area contributed by atoms with Crippen molar-refractivity contribution in [2.75, 3.05) is 6.61 Å². The first kappa shape index (κ1) is 11.5. The Bertz CT molecular complexity index is 336. The SMILES string of the molecule is CCOC(C)c1noc(CC(N)C2CC2)n1. The van der Waals surface area contributed by atoms with Crippen molar-refractivity contribution in [1.29, 1.82) is 0 Å². The Morgan fingerprint density at radius 1 is 1.56 bits per heavy atom. The van der Waals surface area contributed by atoms with E-state index in [1.807, 2.05) is 13.8 Å². The number of hydrogen-bond donors (Lipinski definition) is 1. The number of nitrogens with two attached hydrogens (primary N) is 1. The zero-order chi connectivity index (χ0) is 11.5. The Morgan fingerprint density at radius 3 is 2.94 bits per heavy atom. The molecular weight excluding hydrogens is 206 g/mol. The summed E-state index contributed by atoms with van der Waals surface area (Å²) < 4.78 is 10.5. The Labute approximate surface area is 95.3 Å². The molecule has 1 aromatic heterocycles. The van der Waals surface area contributed by atoms with Crippen LogP contribution in [0.1, 0.15) is 44.5 Å². The van der Waals surface area contributed by atoms with Crippen molar-refractivity contribution < 1.29 is 9.26 Å². The molecular formula is C11H19N3O2. The predicted octanol–water partition coefficient (Wildman–Crippen LogP) is 1.45. The van der Waals surface area contributed by atoms with Gasteiger partial charge in [0.15, 0.2) is 5.82 Å². The first-order chi connectivity index (χ1) is 7.70. The van der Waals surface area contributed by atoms with Gasteiger partial charge in [0.2, 0.25) is 5.89 Å². The van der Waals surface area contributed by atoms with Crippen LogP contribution in [0.2, 0.25) is 0 Å². The fourth-order valence-electron chi connectivity index (χ4n) is 1.73. The van der Waals surface area contributed by atoms with Gasteiger partial charge < -0.3 is 15.0 Å². The van der Waals surface area contributed by atoms with E-state index in [9.17, 15) is 0 Å². The number of aromatic nitrogens is 2. The lowest BCUT2D eigenvalue weighted by atomic mass is 10.1. The molecule has 5 heteroatoms. The molecule has 2 unspecified atom stereocenters. The van der Waals surface area contributed by atoms with E-state index >= 15 is 0 Å². The molecule has 1 heterocycles. The maximum absolute atomic E-state index is 6.00. The molecule has 5 nitrogen and oxygen atoms in total. The molecule has 2 rings (SSSR count). The van der Waals surface area contributed by atoms with Crippen LogP contribution in [0.25, 0.3) is 0 Å². The topological polar surface area (TPSA) is 74.2 Å². The summed E-state index contributed by atoms with van der Waals surface area (Å²) >= 11 is 0. The highest BCUT2D eigenvalue weighted by Gasteiger charge is 2.30. The lowest BCUT2D eigenvalue weighted by molar-refractivity contribution is 0.0683. The van der Waals surface area contributed by atoms with E-state index in [2.05, 4.69) is 10.1 Å². The van der Waals surface area contributed by atoms with Crippen LogP contribution in [0.15, 0.2) is 4.52 Å². The third-order valence-electron chi connectivity index (χ3n) is 2.90. The summed E-state index contributed by atoms with van der Waals surface area (Å²) in [5.41, 5.74) is 6.00. The van der Waals surface area contributed by atoms with Crippen LogP contribution < -0.4 is 5.73 Å². The van der Waals surface area contributed by atoms with Gasteiger partial charge in [0.1, 0.15) is 6.10 Å². The van der Waals surface area contributed by atoms with Crippen LogP contribution in [0.5, 0.6) is 0 Å². The lowest BCUT2D eigenvalue weighted by Crippen LogP contribution is -2.25. The van der Waals surface area contributed by atoms with Crippen molar-refractivity contribution in [2.45, 2.75) is 45.3 Å². The first-order valence-electron chi connectivity index (χ1n) is 5.90. The molecule has 0 radical (unpaired) electrons. The highest BCUT2D eigenvalue weighted by atomic mass is 16.5. The largest absolute Gasteiger partial charge is 0.371 e. The van der Waals surface area contributed by atoms with Gasteiger partial charge in [0.05, 0.1) is 0 Å². The fourth-order valence-corrected chi connectivity index (χ4v) is 1.73. The van der Waals surface area contributed by atoms with Gasteiger partial charge in [-0.15, -0.1) is 0 Å². The summed E-state index contributed by atoms with van der Waals surface area (Å²) in [5.74, 6) is 1.89. The third-order valence-corrected chi connectivity index (χ3v) is 2.90. The molecule has 0 aromatic carbocycles. The highest BCUT2D eigenvalue weighted by Crippen LogP contribution is 2.32. The van der Waals surface area contributed by atoms with Crippen molar-refractivity contribution in [3.05, 3.63) is 11.7 Å². The summed E-state index contributed by atoms with van der Waals surface area (Å²) in [6.07, 6.45) is 3.03. The second-order valence-corrected chi connectivity index (χ2v) is 4.35. The molecule has 2 atom stereocenters. The quantitative estimate of drug-likeness (QED) is 0.793. The van der Waals surface area contributed by atoms with E-state index in [0.717, 1.165) is 0 Å². The zero-order valence-electron chi connectivity index (χ0n) is 9.85. The van der Waals surface area contributed by atoms with Crippen molar-refractivity contribution in [3.63, 3.8) is 0 Å². The molecule has 0 amide bonds. The van der Waals surface area contributed by atoms with Crippen LogP contribution in [-0.2, 0) is 11.2 Å². The maximum Gasteiger partial charge on any atom is 0.228 e. The van der Waals surface area contributed by atoms with Crippen LogP contribution in [0, 0.1) is 5.92 Å². The van der Waals surface area contributed by atoms with Gasteiger partial charge in [-0.1, -0.05) is 5.16 Å². The number of nitrogens with zero attached hydrogens (tertiary/aromatic N) is 2. The average molecular weight is 225 g/mol. The van der Waals surface area contributed by atoms with Crippen molar-refractivity contribution in [2.24, 2.45) is 11.7 Å². The van der Waals surface area contributed by atoms with Gasteiger partial charge >= 0.3 is 0 Å². The molecule has 1 aliphatic carbocycles. The summed E-state index contributed by atoms with van der Waals surface area (Å²) in [6.45, 7) is 4.51. The van der Waals surface area contributed by atoms with Gasteiger partial charge in [-0.2, -0.15) is 4.98 Å². The summed E-state index contributed by atoms with van der Waals surface area (Å²) in [4.78, 5) is 4.30. The third kappa shape index (κ3) is 2.80. The predicted molar refractivity (Wildman–Crippen MR) is 58.7 cm³/mol. The van der Waals surface area contributed by atoms with E-state index in [1.165, 1.54) is 12.8 Å². The molecule has 0 saturated heterocycles. The molecule has 0 bridgehead atoms. The molecule has 90 valence electrons. The molecule has 1 fully saturated rings. The minimum atomic E-state index is -0.111. The monoisotopic (exact) mass is 225 g/mol. The van der Waals surface area contributed by atoms with Crippen LogP contribution in [-0.4, -0.2) is 22.8 Å². The van der Waals surface area contributed by atoms with E-state index in [1.54, 1.807) is 0 Å².